The summed E-state index contributed by atoms with van der Waals surface area (Å²) in [7, 11) is 0. The summed E-state index contributed by atoms with van der Waals surface area (Å²) in [4.78, 5) is 18.9. The molecule has 106 valence electrons. The van der Waals surface area contributed by atoms with Gasteiger partial charge in [-0.25, -0.2) is 4.98 Å². The number of thiophene rings is 1. The van der Waals surface area contributed by atoms with Crippen molar-refractivity contribution in [3.63, 3.8) is 0 Å². The minimum Gasteiger partial charge on any atom is -0.293 e. The average Bonchev–Trinajstić information content (AvgIpc) is 3.17. The molecule has 21 heavy (non-hydrogen) atoms. The lowest BCUT2D eigenvalue weighted by Crippen LogP contribution is -2.00. The fourth-order valence-electron chi connectivity index (χ4n) is 2.08. The molecule has 0 atom stereocenters. The van der Waals surface area contributed by atoms with E-state index in [-0.39, 0.29) is 5.78 Å². The van der Waals surface area contributed by atoms with Crippen molar-refractivity contribution in [2.75, 3.05) is 0 Å². The predicted molar refractivity (Wildman–Crippen MR) is 89.3 cm³/mol. The summed E-state index contributed by atoms with van der Waals surface area (Å²) in [5, 5.41) is 2.90. The smallest absolute Gasteiger partial charge is 0.179 e. The van der Waals surface area contributed by atoms with Gasteiger partial charge >= 0.3 is 0 Å². The summed E-state index contributed by atoms with van der Waals surface area (Å²) in [5.74, 6) is 0.161. The summed E-state index contributed by atoms with van der Waals surface area (Å²) in [6, 6.07) is 14.0. The Balaban J connectivity index is 1.74. The van der Waals surface area contributed by atoms with E-state index in [9.17, 15) is 4.79 Å². The van der Waals surface area contributed by atoms with Crippen molar-refractivity contribution < 1.29 is 4.79 Å². The topological polar surface area (TPSA) is 30.0 Å². The largest absolute Gasteiger partial charge is 0.293 e. The van der Waals surface area contributed by atoms with E-state index in [1.54, 1.807) is 22.7 Å². The van der Waals surface area contributed by atoms with Crippen molar-refractivity contribution in [2.24, 2.45) is 0 Å². The summed E-state index contributed by atoms with van der Waals surface area (Å²) < 4.78 is 0. The zero-order chi connectivity index (χ0) is 14.7. The maximum absolute atomic E-state index is 12.3. The van der Waals surface area contributed by atoms with E-state index in [2.05, 4.69) is 11.9 Å². The van der Waals surface area contributed by atoms with Gasteiger partial charge < -0.3 is 0 Å². The van der Waals surface area contributed by atoms with E-state index >= 15 is 0 Å². The van der Waals surface area contributed by atoms with Crippen LogP contribution in [0.2, 0.25) is 0 Å². The van der Waals surface area contributed by atoms with Crippen molar-refractivity contribution >= 4 is 28.5 Å². The zero-order valence-electron chi connectivity index (χ0n) is 11.7. The number of carbonyl (C=O) groups excluding carboxylic acids is 1. The number of aromatic nitrogens is 1. The van der Waals surface area contributed by atoms with Crippen molar-refractivity contribution in [1.29, 1.82) is 0 Å². The molecule has 0 saturated carbocycles. The fraction of sp³-hybridized carbons (Fsp3) is 0.176. The van der Waals surface area contributed by atoms with Gasteiger partial charge in [-0.3, -0.25) is 4.79 Å². The number of aryl methyl sites for hydroxylation is 1. The summed E-state index contributed by atoms with van der Waals surface area (Å²) in [6.07, 6.45) is 1.37. The van der Waals surface area contributed by atoms with E-state index in [1.807, 2.05) is 47.8 Å². The molecule has 1 aromatic carbocycles. The summed E-state index contributed by atoms with van der Waals surface area (Å²) >= 11 is 3.14. The Bertz CT molecular complexity index is 743. The molecular weight excluding hydrogens is 298 g/mol. The number of ketones is 1. The third-order valence-corrected chi connectivity index (χ3v) is 5.34. The molecule has 0 fully saturated rings. The Morgan fingerprint density at radius 2 is 1.95 bits per heavy atom. The number of nitrogens with zero attached hydrogens (tertiary/aromatic N) is 1. The number of hydrogen-bond donors (Lipinski definition) is 0. The van der Waals surface area contributed by atoms with Crippen molar-refractivity contribution in [2.45, 2.75) is 19.8 Å². The molecule has 0 N–H and O–H groups in total. The molecule has 2 nitrogen and oxygen atoms in total. The highest BCUT2D eigenvalue weighted by atomic mass is 32.1. The first-order chi connectivity index (χ1) is 10.3. The molecule has 0 radical (unpaired) electrons. The highest BCUT2D eigenvalue weighted by Gasteiger charge is 2.13. The molecule has 3 rings (SSSR count). The van der Waals surface area contributed by atoms with Crippen molar-refractivity contribution in [3.05, 3.63) is 62.6 Å². The molecular formula is C17H15NOS2. The van der Waals surface area contributed by atoms with E-state index in [4.69, 9.17) is 0 Å². The third-order valence-electron chi connectivity index (χ3n) is 3.22. The van der Waals surface area contributed by atoms with Crippen LogP contribution in [0.15, 0.2) is 47.8 Å². The molecule has 0 unspecified atom stereocenters. The van der Waals surface area contributed by atoms with Gasteiger partial charge in [0.15, 0.2) is 5.78 Å². The number of Topliss-reactive ketones (excluding diaryl/α,β-unsaturated/α-hetero) is 1. The molecule has 0 aliphatic heterocycles. The van der Waals surface area contributed by atoms with Gasteiger partial charge in [-0.2, -0.15) is 0 Å². The average molecular weight is 313 g/mol. The molecule has 0 bridgehead atoms. The summed E-state index contributed by atoms with van der Waals surface area (Å²) in [6.45, 7) is 2.10. The van der Waals surface area contributed by atoms with Crippen LogP contribution >= 0.6 is 22.7 Å². The van der Waals surface area contributed by atoms with Crippen LogP contribution in [0.1, 0.15) is 26.5 Å². The SMILES string of the molecule is CCc1ccc(C(=O)Cc2nc(-c3ccccc3)cs2)s1. The monoisotopic (exact) mass is 313 g/mol. The number of carbonyl (C=O) groups is 1. The first kappa shape index (κ1) is 14.2. The van der Waals surface area contributed by atoms with Crippen LogP contribution < -0.4 is 0 Å². The van der Waals surface area contributed by atoms with Crippen LogP contribution in [-0.2, 0) is 12.8 Å². The van der Waals surface area contributed by atoms with Crippen LogP contribution in [0.25, 0.3) is 11.3 Å². The number of hydrogen-bond acceptors (Lipinski definition) is 4. The van der Waals surface area contributed by atoms with Gasteiger partial charge in [-0.15, -0.1) is 22.7 Å². The van der Waals surface area contributed by atoms with Gasteiger partial charge in [0.05, 0.1) is 17.0 Å². The Kier molecular flexibility index (Phi) is 4.27. The predicted octanol–water partition coefficient (Wildman–Crippen LogP) is 4.86. The molecule has 0 saturated heterocycles. The Morgan fingerprint density at radius 3 is 2.67 bits per heavy atom. The van der Waals surface area contributed by atoms with Gasteiger partial charge in [0, 0.05) is 15.8 Å². The number of thiazole rings is 1. The van der Waals surface area contributed by atoms with Crippen LogP contribution in [0.5, 0.6) is 0 Å². The van der Waals surface area contributed by atoms with Crippen LogP contribution in [0, 0.1) is 0 Å². The fourth-order valence-corrected chi connectivity index (χ4v) is 3.76. The zero-order valence-corrected chi connectivity index (χ0v) is 13.3. The highest BCUT2D eigenvalue weighted by Crippen LogP contribution is 2.24. The van der Waals surface area contributed by atoms with Crippen molar-refractivity contribution in [3.8, 4) is 11.3 Å². The molecule has 0 spiro atoms. The van der Waals surface area contributed by atoms with E-state index in [0.29, 0.717) is 6.42 Å². The quantitative estimate of drug-likeness (QED) is 0.630. The summed E-state index contributed by atoms with van der Waals surface area (Å²) in [5.41, 5.74) is 2.04. The lowest BCUT2D eigenvalue weighted by Gasteiger charge is -1.95. The molecule has 0 aliphatic carbocycles. The second kappa shape index (κ2) is 6.33. The number of rotatable bonds is 5. The first-order valence-corrected chi connectivity index (χ1v) is 8.57. The minimum absolute atomic E-state index is 0.161. The molecule has 3 aromatic rings. The Hall–Kier alpha value is -1.78. The van der Waals surface area contributed by atoms with Gasteiger partial charge in [0.25, 0.3) is 0 Å². The normalized spacial score (nSPS) is 10.7. The molecule has 4 heteroatoms. The van der Waals surface area contributed by atoms with E-state index in [0.717, 1.165) is 27.6 Å². The van der Waals surface area contributed by atoms with E-state index < -0.39 is 0 Å². The third kappa shape index (κ3) is 3.28. The highest BCUT2D eigenvalue weighted by molar-refractivity contribution is 7.14. The van der Waals surface area contributed by atoms with Gasteiger partial charge in [0.1, 0.15) is 5.01 Å². The standard InChI is InChI=1S/C17H15NOS2/c1-2-13-8-9-16(21-13)15(19)10-17-18-14(11-20-17)12-6-4-3-5-7-12/h3-9,11H,2,10H2,1H3. The van der Waals surface area contributed by atoms with Gasteiger partial charge in [-0.05, 0) is 18.6 Å². The van der Waals surface area contributed by atoms with Crippen LogP contribution in [0.4, 0.5) is 0 Å². The molecule has 0 amide bonds. The lowest BCUT2D eigenvalue weighted by atomic mass is 10.2. The van der Waals surface area contributed by atoms with Gasteiger partial charge in [-0.1, -0.05) is 37.3 Å². The minimum atomic E-state index is 0.161. The van der Waals surface area contributed by atoms with E-state index in [1.165, 1.54) is 4.88 Å². The maximum Gasteiger partial charge on any atom is 0.179 e. The second-order valence-corrected chi connectivity index (χ2v) is 6.82. The molecule has 0 aliphatic rings. The molecule has 2 heterocycles. The number of benzene rings is 1. The Morgan fingerprint density at radius 1 is 1.14 bits per heavy atom. The van der Waals surface area contributed by atoms with Gasteiger partial charge in [0.2, 0.25) is 0 Å². The van der Waals surface area contributed by atoms with Crippen LogP contribution in [-0.4, -0.2) is 10.8 Å². The lowest BCUT2D eigenvalue weighted by molar-refractivity contribution is 0.0997. The molecule has 2 aromatic heterocycles. The maximum atomic E-state index is 12.3. The second-order valence-electron chi connectivity index (χ2n) is 4.71. The first-order valence-electron chi connectivity index (χ1n) is 6.88. The van der Waals surface area contributed by atoms with Crippen molar-refractivity contribution in [1.82, 2.24) is 4.98 Å². The van der Waals surface area contributed by atoms with Crippen LogP contribution in [0.3, 0.4) is 0 Å². The Labute approximate surface area is 132 Å².